The lowest BCUT2D eigenvalue weighted by Crippen LogP contribution is -2.35. The summed E-state index contributed by atoms with van der Waals surface area (Å²) in [5, 5.41) is 19.8. The van der Waals surface area contributed by atoms with E-state index in [0.717, 1.165) is 5.56 Å². The Hall–Kier alpha value is -2.24. The molecule has 1 aromatic heterocycles. The van der Waals surface area contributed by atoms with Gasteiger partial charge in [-0.3, -0.25) is 4.52 Å². The van der Waals surface area contributed by atoms with Gasteiger partial charge < -0.3 is 5.21 Å². The molecule has 0 atom stereocenters. The predicted octanol–water partition coefficient (Wildman–Crippen LogP) is 2.23. The van der Waals surface area contributed by atoms with Gasteiger partial charge in [-0.25, -0.2) is 5.28 Å². The van der Waals surface area contributed by atoms with Crippen LogP contribution in [0.1, 0.15) is 6.92 Å². The molecule has 2 rings (SSSR count). The van der Waals surface area contributed by atoms with E-state index in [4.69, 9.17) is 4.52 Å². The topological polar surface area (TPSA) is 77.7 Å². The van der Waals surface area contributed by atoms with Crippen LogP contribution in [-0.2, 0) is 6.54 Å². The van der Waals surface area contributed by atoms with Crippen molar-refractivity contribution in [3.05, 3.63) is 35.5 Å². The zero-order chi connectivity index (χ0) is 11.4. The molecule has 0 spiro atoms. The van der Waals surface area contributed by atoms with E-state index in [1.54, 1.807) is 4.68 Å². The summed E-state index contributed by atoms with van der Waals surface area (Å²) in [5.74, 6) is 0.128. The third-order valence-electron chi connectivity index (χ3n) is 2.16. The first-order valence-corrected chi connectivity index (χ1v) is 4.85. The summed E-state index contributed by atoms with van der Waals surface area (Å²) >= 11 is 0. The molecule has 0 fully saturated rings. The fourth-order valence-corrected chi connectivity index (χ4v) is 1.47. The number of rotatable bonds is 3. The normalized spacial score (nSPS) is 11.1. The van der Waals surface area contributed by atoms with E-state index in [-0.39, 0.29) is 5.88 Å². The van der Waals surface area contributed by atoms with Crippen LogP contribution >= 0.6 is 0 Å². The van der Waals surface area contributed by atoms with Crippen LogP contribution in [0.4, 0.5) is 5.88 Å². The van der Waals surface area contributed by atoms with Crippen LogP contribution in [0.3, 0.4) is 0 Å². The molecule has 0 saturated carbocycles. The Morgan fingerprint density at radius 2 is 2.12 bits per heavy atom. The van der Waals surface area contributed by atoms with E-state index < -0.39 is 0 Å². The highest BCUT2D eigenvalue weighted by Crippen LogP contribution is 2.26. The van der Waals surface area contributed by atoms with Gasteiger partial charge in [0.1, 0.15) is 0 Å². The van der Waals surface area contributed by atoms with Gasteiger partial charge in [0.25, 0.3) is 0 Å². The van der Waals surface area contributed by atoms with Crippen molar-refractivity contribution < 1.29 is 9.20 Å². The molecule has 1 heterocycles. The Morgan fingerprint density at radius 3 is 2.75 bits per heavy atom. The fourth-order valence-electron chi connectivity index (χ4n) is 1.47. The quantitative estimate of drug-likeness (QED) is 0.450. The molecule has 1 aromatic carbocycles. The van der Waals surface area contributed by atoms with Crippen molar-refractivity contribution in [2.24, 2.45) is 10.4 Å². The predicted molar refractivity (Wildman–Crippen MR) is 55.7 cm³/mol. The number of hydrogen-bond donors (Lipinski definition) is 0. The smallest absolute Gasteiger partial charge is 0.347 e. The summed E-state index contributed by atoms with van der Waals surface area (Å²) in [6.07, 6.45) is 0. The largest absolute Gasteiger partial charge is 0.775 e. The third kappa shape index (κ3) is 1.77. The highest BCUT2D eigenvalue weighted by Gasteiger charge is 2.24. The Morgan fingerprint density at radius 1 is 1.38 bits per heavy atom. The molecule has 0 bridgehead atoms. The Balaban J connectivity index is 2.57. The second-order valence-corrected chi connectivity index (χ2v) is 3.09. The van der Waals surface area contributed by atoms with Crippen molar-refractivity contribution in [3.63, 3.8) is 0 Å². The maximum atomic E-state index is 10.1. The summed E-state index contributed by atoms with van der Waals surface area (Å²) in [6, 6.07) is 9.47. The number of benzene rings is 1. The summed E-state index contributed by atoms with van der Waals surface area (Å²) in [6.45, 7) is 2.55. The van der Waals surface area contributed by atoms with Crippen molar-refractivity contribution in [3.8, 4) is 11.3 Å². The second-order valence-electron chi connectivity index (χ2n) is 3.09. The molecule has 0 amide bonds. The lowest BCUT2D eigenvalue weighted by Gasteiger charge is -1.93. The molecular weight excluding hydrogens is 208 g/mol. The standard InChI is InChI=1S/C10H10N4O2/c1-2-14-9(8-6-4-3-5-7-8)10(11-12-15)16-13-14/h3-7H,2H2,1H3. The van der Waals surface area contributed by atoms with Crippen molar-refractivity contribution in [1.29, 1.82) is 0 Å². The monoisotopic (exact) mass is 218 g/mol. The molecule has 0 N–H and O–H groups in total. The number of aromatic nitrogens is 2. The first-order valence-electron chi connectivity index (χ1n) is 4.85. The van der Waals surface area contributed by atoms with Gasteiger partial charge in [0.05, 0.1) is 5.56 Å². The van der Waals surface area contributed by atoms with Gasteiger partial charge in [0.2, 0.25) is 5.27 Å². The fraction of sp³-hybridized carbons (Fsp3) is 0.200. The van der Waals surface area contributed by atoms with Crippen molar-refractivity contribution >= 4 is 5.88 Å². The van der Waals surface area contributed by atoms with Crippen LogP contribution in [0.25, 0.3) is 11.3 Å². The van der Waals surface area contributed by atoms with Gasteiger partial charge in [0, 0.05) is 0 Å². The molecule has 82 valence electrons. The lowest BCUT2D eigenvalue weighted by atomic mass is 10.1. The number of aryl methyl sites for hydroxylation is 1. The molecule has 0 aliphatic carbocycles. The minimum absolute atomic E-state index is 0.128. The molecule has 16 heavy (non-hydrogen) atoms. The highest BCUT2D eigenvalue weighted by atomic mass is 16.5. The SMILES string of the molecule is CC[n+]1noc(/N=N/[O-])c1-c1ccccc1. The van der Waals surface area contributed by atoms with E-state index >= 15 is 0 Å². The Kier molecular flexibility index (Phi) is 2.90. The lowest BCUT2D eigenvalue weighted by molar-refractivity contribution is -0.749. The Labute approximate surface area is 91.8 Å². The molecule has 6 heteroatoms. The van der Waals surface area contributed by atoms with Gasteiger partial charge in [-0.15, -0.1) is 5.11 Å². The Bertz CT molecular complexity index is 493. The molecule has 0 radical (unpaired) electrons. The van der Waals surface area contributed by atoms with Gasteiger partial charge in [0.15, 0.2) is 6.54 Å². The van der Waals surface area contributed by atoms with E-state index in [1.807, 2.05) is 37.3 Å². The highest BCUT2D eigenvalue weighted by molar-refractivity contribution is 5.64. The molecule has 0 aliphatic heterocycles. The average molecular weight is 218 g/mol. The minimum Gasteiger partial charge on any atom is -0.775 e. The van der Waals surface area contributed by atoms with Gasteiger partial charge >= 0.3 is 11.6 Å². The maximum Gasteiger partial charge on any atom is 0.347 e. The molecule has 2 aromatic rings. The number of hydrogen-bond acceptors (Lipinski definition) is 5. The molecule has 0 aliphatic rings. The molecule has 6 nitrogen and oxygen atoms in total. The average Bonchev–Trinajstić information content (AvgIpc) is 2.74. The van der Waals surface area contributed by atoms with Crippen LogP contribution in [0.15, 0.2) is 45.2 Å². The number of nitrogens with zero attached hydrogens (tertiary/aromatic N) is 4. The van der Waals surface area contributed by atoms with Crippen molar-refractivity contribution in [2.75, 3.05) is 0 Å². The van der Waals surface area contributed by atoms with Gasteiger partial charge in [-0.05, 0) is 23.7 Å². The zero-order valence-corrected chi connectivity index (χ0v) is 8.70. The van der Waals surface area contributed by atoms with Gasteiger partial charge in [-0.2, -0.15) is 0 Å². The van der Waals surface area contributed by atoms with Crippen LogP contribution in [0, 0.1) is 5.21 Å². The van der Waals surface area contributed by atoms with Crippen molar-refractivity contribution in [1.82, 2.24) is 5.27 Å². The summed E-state index contributed by atoms with van der Waals surface area (Å²) < 4.78 is 6.56. The van der Waals surface area contributed by atoms with Crippen molar-refractivity contribution in [2.45, 2.75) is 13.5 Å². The molecular formula is C10H10N4O2. The summed E-state index contributed by atoms with van der Waals surface area (Å²) in [5.41, 5.74) is 1.54. The van der Waals surface area contributed by atoms with E-state index in [1.165, 1.54) is 0 Å². The second kappa shape index (κ2) is 4.52. The van der Waals surface area contributed by atoms with Crippen LogP contribution in [0.2, 0.25) is 0 Å². The summed E-state index contributed by atoms with van der Waals surface area (Å²) in [4.78, 5) is 0. The van der Waals surface area contributed by atoms with E-state index in [9.17, 15) is 5.21 Å². The summed E-state index contributed by atoms with van der Waals surface area (Å²) in [7, 11) is 0. The molecule has 0 saturated heterocycles. The van der Waals surface area contributed by atoms with E-state index in [2.05, 4.69) is 15.7 Å². The minimum atomic E-state index is 0.128. The zero-order valence-electron chi connectivity index (χ0n) is 8.70. The van der Waals surface area contributed by atoms with Crippen LogP contribution in [0.5, 0.6) is 0 Å². The third-order valence-corrected chi connectivity index (χ3v) is 2.16. The maximum absolute atomic E-state index is 10.1. The first-order chi connectivity index (χ1) is 7.86. The van der Waals surface area contributed by atoms with Crippen LogP contribution < -0.4 is 4.68 Å². The molecule has 0 unspecified atom stereocenters. The van der Waals surface area contributed by atoms with E-state index in [0.29, 0.717) is 12.2 Å². The first kappa shape index (κ1) is 10.3. The van der Waals surface area contributed by atoms with Gasteiger partial charge in [-0.1, -0.05) is 18.2 Å². The van der Waals surface area contributed by atoms with Crippen LogP contribution in [-0.4, -0.2) is 5.27 Å².